The summed E-state index contributed by atoms with van der Waals surface area (Å²) >= 11 is 0. The Balaban J connectivity index is 1.92. The van der Waals surface area contributed by atoms with Gasteiger partial charge in [0.15, 0.2) is 0 Å². The molecule has 0 amide bonds. The fourth-order valence-corrected chi connectivity index (χ4v) is 3.76. The van der Waals surface area contributed by atoms with Gasteiger partial charge in [0.1, 0.15) is 0 Å². The van der Waals surface area contributed by atoms with E-state index >= 15 is 0 Å². The van der Waals surface area contributed by atoms with Gasteiger partial charge < -0.3 is 4.74 Å². The first kappa shape index (κ1) is 14.5. The summed E-state index contributed by atoms with van der Waals surface area (Å²) in [5, 5.41) is 2.59. The van der Waals surface area contributed by atoms with Gasteiger partial charge in [-0.2, -0.15) is 0 Å². The van der Waals surface area contributed by atoms with Crippen LogP contribution in [0.15, 0.2) is 42.5 Å². The minimum absolute atomic E-state index is 0.119. The molecule has 0 heterocycles. The first-order valence-corrected chi connectivity index (χ1v) is 7.77. The third kappa shape index (κ3) is 2.69. The Morgan fingerprint density at radius 1 is 1.14 bits per heavy atom. The van der Waals surface area contributed by atoms with Crippen molar-refractivity contribution in [3.05, 3.63) is 48.0 Å². The molecule has 1 unspecified atom stereocenters. The molecule has 0 bridgehead atoms. The molecule has 1 atom stereocenters. The summed E-state index contributed by atoms with van der Waals surface area (Å²) < 4.78 is 5.89. The molecule has 1 aliphatic carbocycles. The number of rotatable bonds is 5. The standard InChI is InChI=1S/C18H24N2O/c1-21-18(11-4-5-12-18)17(20-19)13-15-9-6-8-14-7-2-3-10-16(14)15/h2-3,6-10,17,20H,4-5,11-13,19H2,1H3. The zero-order valence-electron chi connectivity index (χ0n) is 12.6. The molecule has 3 nitrogen and oxygen atoms in total. The number of ether oxygens (including phenoxy) is 1. The number of hydrazine groups is 1. The summed E-state index contributed by atoms with van der Waals surface area (Å²) in [5.74, 6) is 5.88. The van der Waals surface area contributed by atoms with Crippen LogP contribution in [0.5, 0.6) is 0 Å². The molecule has 0 radical (unpaired) electrons. The normalized spacial score (nSPS) is 19.0. The van der Waals surface area contributed by atoms with Crippen LogP contribution in [0.25, 0.3) is 10.8 Å². The molecule has 0 saturated heterocycles. The number of hydrogen-bond donors (Lipinski definition) is 2. The van der Waals surface area contributed by atoms with Crippen molar-refractivity contribution in [1.82, 2.24) is 5.43 Å². The Labute approximate surface area is 126 Å². The van der Waals surface area contributed by atoms with E-state index in [0.29, 0.717) is 0 Å². The number of benzene rings is 2. The highest BCUT2D eigenvalue weighted by atomic mass is 16.5. The number of hydrogen-bond acceptors (Lipinski definition) is 3. The fraction of sp³-hybridized carbons (Fsp3) is 0.444. The molecule has 112 valence electrons. The van der Waals surface area contributed by atoms with E-state index in [-0.39, 0.29) is 11.6 Å². The highest BCUT2D eigenvalue weighted by molar-refractivity contribution is 5.85. The van der Waals surface area contributed by atoms with Crippen molar-refractivity contribution < 1.29 is 4.74 Å². The topological polar surface area (TPSA) is 47.3 Å². The van der Waals surface area contributed by atoms with E-state index in [2.05, 4.69) is 47.9 Å². The van der Waals surface area contributed by atoms with Gasteiger partial charge in [-0.3, -0.25) is 11.3 Å². The molecular formula is C18H24N2O. The van der Waals surface area contributed by atoms with Gasteiger partial charge in [-0.1, -0.05) is 55.3 Å². The second kappa shape index (κ2) is 6.14. The van der Waals surface area contributed by atoms with Gasteiger partial charge >= 0.3 is 0 Å². The van der Waals surface area contributed by atoms with E-state index in [1.165, 1.54) is 29.2 Å². The third-order valence-electron chi connectivity index (χ3n) is 5.00. The Kier molecular flexibility index (Phi) is 4.24. The van der Waals surface area contributed by atoms with Crippen LogP contribution in [-0.2, 0) is 11.2 Å². The Hall–Kier alpha value is -1.42. The summed E-state index contributed by atoms with van der Waals surface area (Å²) in [6.07, 6.45) is 5.51. The average Bonchev–Trinajstić information content (AvgIpc) is 3.02. The molecule has 3 rings (SSSR count). The maximum Gasteiger partial charge on any atom is 0.0847 e. The van der Waals surface area contributed by atoms with Crippen LogP contribution in [0.2, 0.25) is 0 Å². The zero-order chi connectivity index (χ0) is 14.7. The van der Waals surface area contributed by atoms with Crippen LogP contribution in [-0.4, -0.2) is 18.8 Å². The lowest BCUT2D eigenvalue weighted by molar-refractivity contribution is -0.0355. The summed E-state index contributed by atoms with van der Waals surface area (Å²) in [5.41, 5.74) is 4.24. The summed E-state index contributed by atoms with van der Waals surface area (Å²) in [4.78, 5) is 0. The van der Waals surface area contributed by atoms with Crippen molar-refractivity contribution in [2.24, 2.45) is 5.84 Å². The first-order valence-electron chi connectivity index (χ1n) is 7.77. The van der Waals surface area contributed by atoms with Crippen molar-refractivity contribution in [3.8, 4) is 0 Å². The molecule has 0 aliphatic heterocycles. The van der Waals surface area contributed by atoms with Gasteiger partial charge in [0.25, 0.3) is 0 Å². The maximum absolute atomic E-state index is 5.89. The lowest BCUT2D eigenvalue weighted by Crippen LogP contribution is -2.54. The maximum atomic E-state index is 5.89. The molecule has 3 N–H and O–H groups in total. The monoisotopic (exact) mass is 284 g/mol. The van der Waals surface area contributed by atoms with Gasteiger partial charge in [0, 0.05) is 7.11 Å². The number of nitrogens with one attached hydrogen (secondary N) is 1. The zero-order valence-corrected chi connectivity index (χ0v) is 12.6. The molecule has 1 fully saturated rings. The predicted octanol–water partition coefficient (Wildman–Crippen LogP) is 3.17. The minimum atomic E-state index is -0.119. The van der Waals surface area contributed by atoms with Gasteiger partial charge in [-0.15, -0.1) is 0 Å². The Morgan fingerprint density at radius 2 is 1.86 bits per heavy atom. The van der Waals surface area contributed by atoms with E-state index in [1.807, 2.05) is 7.11 Å². The number of nitrogens with two attached hydrogens (primary N) is 1. The molecule has 2 aromatic carbocycles. The van der Waals surface area contributed by atoms with E-state index in [0.717, 1.165) is 19.3 Å². The van der Waals surface area contributed by atoms with Crippen molar-refractivity contribution in [3.63, 3.8) is 0 Å². The highest BCUT2D eigenvalue weighted by Crippen LogP contribution is 2.37. The first-order chi connectivity index (χ1) is 10.3. The van der Waals surface area contributed by atoms with Crippen LogP contribution in [0.3, 0.4) is 0 Å². The van der Waals surface area contributed by atoms with Crippen LogP contribution in [0.4, 0.5) is 0 Å². The van der Waals surface area contributed by atoms with Crippen molar-refractivity contribution in [2.45, 2.75) is 43.7 Å². The molecule has 0 aromatic heterocycles. The van der Waals surface area contributed by atoms with Crippen LogP contribution in [0, 0.1) is 0 Å². The molecule has 1 saturated carbocycles. The Bertz CT molecular complexity index is 600. The molecular weight excluding hydrogens is 260 g/mol. The third-order valence-corrected chi connectivity index (χ3v) is 5.00. The Morgan fingerprint density at radius 3 is 2.57 bits per heavy atom. The van der Waals surface area contributed by atoms with E-state index in [4.69, 9.17) is 10.6 Å². The van der Waals surface area contributed by atoms with E-state index in [1.54, 1.807) is 0 Å². The average molecular weight is 284 g/mol. The summed E-state index contributed by atoms with van der Waals surface area (Å²) in [6.45, 7) is 0. The van der Waals surface area contributed by atoms with Gasteiger partial charge in [0.2, 0.25) is 0 Å². The van der Waals surface area contributed by atoms with Crippen LogP contribution < -0.4 is 11.3 Å². The van der Waals surface area contributed by atoms with Crippen molar-refractivity contribution in [1.29, 1.82) is 0 Å². The second-order valence-electron chi connectivity index (χ2n) is 6.04. The van der Waals surface area contributed by atoms with E-state index in [9.17, 15) is 0 Å². The minimum Gasteiger partial charge on any atom is -0.377 e. The van der Waals surface area contributed by atoms with Gasteiger partial charge in [0.05, 0.1) is 11.6 Å². The molecule has 2 aromatic rings. The summed E-state index contributed by atoms with van der Waals surface area (Å²) in [6, 6.07) is 15.2. The fourth-order valence-electron chi connectivity index (χ4n) is 3.76. The van der Waals surface area contributed by atoms with Crippen molar-refractivity contribution in [2.75, 3.05) is 7.11 Å². The lowest BCUT2D eigenvalue weighted by atomic mass is 9.86. The van der Waals surface area contributed by atoms with Crippen LogP contribution >= 0.6 is 0 Å². The van der Waals surface area contributed by atoms with Gasteiger partial charge in [-0.05, 0) is 35.6 Å². The van der Waals surface area contributed by atoms with Crippen molar-refractivity contribution >= 4 is 10.8 Å². The summed E-state index contributed by atoms with van der Waals surface area (Å²) in [7, 11) is 1.82. The number of methoxy groups -OCH3 is 1. The molecule has 1 aliphatic rings. The second-order valence-corrected chi connectivity index (χ2v) is 6.04. The molecule has 21 heavy (non-hydrogen) atoms. The quantitative estimate of drug-likeness (QED) is 0.655. The van der Waals surface area contributed by atoms with E-state index < -0.39 is 0 Å². The molecule has 3 heteroatoms. The van der Waals surface area contributed by atoms with Gasteiger partial charge in [-0.25, -0.2) is 0 Å². The lowest BCUT2D eigenvalue weighted by Gasteiger charge is -2.36. The SMILES string of the molecule is COC1(C(Cc2cccc3ccccc23)NN)CCCC1. The van der Waals surface area contributed by atoms with Crippen LogP contribution in [0.1, 0.15) is 31.2 Å². The number of fused-ring (bicyclic) bond motifs is 1. The predicted molar refractivity (Wildman–Crippen MR) is 87.0 cm³/mol. The smallest absolute Gasteiger partial charge is 0.0847 e. The largest absolute Gasteiger partial charge is 0.377 e. The highest BCUT2D eigenvalue weighted by Gasteiger charge is 2.41. The molecule has 0 spiro atoms.